The molecule has 0 atom stereocenters. The van der Waals surface area contributed by atoms with E-state index in [-0.39, 0.29) is 5.91 Å². The molecule has 0 fully saturated rings. The topological polar surface area (TPSA) is 20.3 Å². The van der Waals surface area contributed by atoms with Crippen molar-refractivity contribution in [3.63, 3.8) is 0 Å². The van der Waals surface area contributed by atoms with Crippen LogP contribution in [0.15, 0.2) is 35.7 Å². The molecule has 0 aliphatic rings. The monoisotopic (exact) mass is 279 g/mol. The van der Waals surface area contributed by atoms with E-state index in [1.807, 2.05) is 12.4 Å². The van der Waals surface area contributed by atoms with E-state index in [9.17, 15) is 4.79 Å². The van der Waals surface area contributed by atoms with Crippen molar-refractivity contribution < 1.29 is 4.79 Å². The van der Waals surface area contributed by atoms with Crippen LogP contribution in [0.3, 0.4) is 0 Å². The molecule has 0 aliphatic carbocycles. The normalized spacial score (nSPS) is 10.4. The number of nitrogens with zero attached hydrogens (tertiary/aromatic N) is 1. The number of thiophene rings is 1. The van der Waals surface area contributed by atoms with Gasteiger partial charge in [0, 0.05) is 22.5 Å². The van der Waals surface area contributed by atoms with Crippen molar-refractivity contribution in [2.45, 2.75) is 13.5 Å². The van der Waals surface area contributed by atoms with Crippen LogP contribution in [-0.4, -0.2) is 17.9 Å². The zero-order valence-corrected chi connectivity index (χ0v) is 11.9. The van der Waals surface area contributed by atoms with Crippen molar-refractivity contribution in [2.75, 3.05) is 7.05 Å². The van der Waals surface area contributed by atoms with Gasteiger partial charge in [0.1, 0.15) is 0 Å². The molecule has 2 aromatic rings. The summed E-state index contributed by atoms with van der Waals surface area (Å²) in [4.78, 5) is 15.1. The lowest BCUT2D eigenvalue weighted by Gasteiger charge is -2.17. The van der Waals surface area contributed by atoms with E-state index in [1.165, 1.54) is 10.4 Å². The molecule has 1 aromatic heterocycles. The average Bonchev–Trinajstić information content (AvgIpc) is 2.74. The summed E-state index contributed by atoms with van der Waals surface area (Å²) in [6.07, 6.45) is 0. The smallest absolute Gasteiger partial charge is 0.253 e. The first-order chi connectivity index (χ1) is 8.58. The maximum Gasteiger partial charge on any atom is 0.253 e. The van der Waals surface area contributed by atoms with E-state index in [0.29, 0.717) is 17.1 Å². The van der Waals surface area contributed by atoms with Crippen molar-refractivity contribution >= 4 is 28.8 Å². The third-order valence-corrected chi connectivity index (χ3v) is 4.01. The van der Waals surface area contributed by atoms with Gasteiger partial charge in [-0.1, -0.05) is 17.7 Å². The van der Waals surface area contributed by atoms with Gasteiger partial charge >= 0.3 is 0 Å². The first-order valence-corrected chi connectivity index (χ1v) is 6.87. The molecule has 0 radical (unpaired) electrons. The van der Waals surface area contributed by atoms with Crippen LogP contribution in [0.2, 0.25) is 5.02 Å². The maximum atomic E-state index is 12.2. The third-order valence-electron chi connectivity index (χ3n) is 2.77. The Labute approximate surface area is 116 Å². The van der Waals surface area contributed by atoms with E-state index in [2.05, 4.69) is 13.0 Å². The minimum absolute atomic E-state index is 0.00898. The van der Waals surface area contributed by atoms with Gasteiger partial charge in [0.15, 0.2) is 0 Å². The number of carbonyl (C=O) groups is 1. The molecule has 0 saturated heterocycles. The highest BCUT2D eigenvalue weighted by Crippen LogP contribution is 2.19. The summed E-state index contributed by atoms with van der Waals surface area (Å²) >= 11 is 7.57. The maximum absolute atomic E-state index is 12.2. The molecule has 18 heavy (non-hydrogen) atoms. The van der Waals surface area contributed by atoms with E-state index < -0.39 is 0 Å². The second-order valence-electron chi connectivity index (χ2n) is 4.20. The number of benzene rings is 1. The van der Waals surface area contributed by atoms with Gasteiger partial charge in [0.25, 0.3) is 5.91 Å². The van der Waals surface area contributed by atoms with Crippen LogP contribution in [0.1, 0.15) is 20.8 Å². The lowest BCUT2D eigenvalue weighted by molar-refractivity contribution is 0.0786. The average molecular weight is 280 g/mol. The Morgan fingerprint density at radius 2 is 2.17 bits per heavy atom. The summed E-state index contributed by atoms with van der Waals surface area (Å²) in [6.45, 7) is 2.69. The molecule has 1 aromatic carbocycles. The molecule has 0 saturated carbocycles. The van der Waals surface area contributed by atoms with E-state index in [1.54, 1.807) is 40.5 Å². The molecule has 0 unspecified atom stereocenters. The Balaban J connectivity index is 2.12. The fraction of sp³-hybridized carbons (Fsp3) is 0.214. The van der Waals surface area contributed by atoms with Crippen molar-refractivity contribution in [1.82, 2.24) is 4.90 Å². The number of hydrogen-bond acceptors (Lipinski definition) is 2. The predicted molar refractivity (Wildman–Crippen MR) is 76.3 cm³/mol. The first kappa shape index (κ1) is 13.1. The number of amides is 1. The summed E-state index contributed by atoms with van der Waals surface area (Å²) in [7, 11) is 1.81. The summed E-state index contributed by atoms with van der Waals surface area (Å²) in [5.74, 6) is -0.00898. The van der Waals surface area contributed by atoms with Crippen LogP contribution in [0.4, 0.5) is 0 Å². The standard InChI is InChI=1S/C14H14ClNOS/c1-10-6-7-18-13(10)9-16(2)14(17)11-4-3-5-12(15)8-11/h3-8H,9H2,1-2H3. The summed E-state index contributed by atoms with van der Waals surface area (Å²) in [5.41, 5.74) is 1.85. The van der Waals surface area contributed by atoms with Crippen molar-refractivity contribution in [3.8, 4) is 0 Å². The molecule has 1 amide bonds. The van der Waals surface area contributed by atoms with Crippen molar-refractivity contribution in [1.29, 1.82) is 0 Å². The van der Waals surface area contributed by atoms with Gasteiger partial charge in [0.2, 0.25) is 0 Å². The van der Waals surface area contributed by atoms with Gasteiger partial charge in [-0.2, -0.15) is 0 Å². The van der Waals surface area contributed by atoms with E-state index in [0.717, 1.165) is 0 Å². The Morgan fingerprint density at radius 3 is 2.78 bits per heavy atom. The number of rotatable bonds is 3. The zero-order valence-electron chi connectivity index (χ0n) is 10.3. The molecule has 0 aliphatic heterocycles. The van der Waals surface area contributed by atoms with E-state index >= 15 is 0 Å². The van der Waals surface area contributed by atoms with Gasteiger partial charge < -0.3 is 4.90 Å². The fourth-order valence-corrected chi connectivity index (χ4v) is 2.84. The molecule has 2 nitrogen and oxygen atoms in total. The molecule has 0 bridgehead atoms. The van der Waals surface area contributed by atoms with Gasteiger partial charge in [-0.15, -0.1) is 11.3 Å². The van der Waals surface area contributed by atoms with Gasteiger partial charge in [0.05, 0.1) is 6.54 Å². The minimum atomic E-state index is -0.00898. The van der Waals surface area contributed by atoms with Crippen molar-refractivity contribution in [3.05, 3.63) is 56.7 Å². The van der Waals surface area contributed by atoms with Gasteiger partial charge in [-0.3, -0.25) is 4.79 Å². The van der Waals surface area contributed by atoms with Crippen LogP contribution >= 0.6 is 22.9 Å². The Hall–Kier alpha value is -1.32. The fourth-order valence-electron chi connectivity index (χ4n) is 1.70. The van der Waals surface area contributed by atoms with Gasteiger partial charge in [-0.25, -0.2) is 0 Å². The predicted octanol–water partition coefficient (Wildman–Crippen LogP) is 3.98. The summed E-state index contributed by atoms with van der Waals surface area (Å²) in [5, 5.41) is 2.63. The first-order valence-electron chi connectivity index (χ1n) is 5.62. The molecule has 0 spiro atoms. The highest BCUT2D eigenvalue weighted by Gasteiger charge is 2.13. The molecule has 2 rings (SSSR count). The largest absolute Gasteiger partial charge is 0.337 e. The molecular weight excluding hydrogens is 266 g/mol. The summed E-state index contributed by atoms with van der Waals surface area (Å²) in [6, 6.07) is 9.10. The quantitative estimate of drug-likeness (QED) is 0.832. The number of aryl methyl sites for hydroxylation is 1. The lowest BCUT2D eigenvalue weighted by atomic mass is 10.2. The van der Waals surface area contributed by atoms with Crippen LogP contribution in [0.25, 0.3) is 0 Å². The second-order valence-corrected chi connectivity index (χ2v) is 5.64. The molecule has 1 heterocycles. The van der Waals surface area contributed by atoms with Crippen LogP contribution in [-0.2, 0) is 6.54 Å². The Morgan fingerprint density at radius 1 is 1.39 bits per heavy atom. The molecule has 94 valence electrons. The highest BCUT2D eigenvalue weighted by molar-refractivity contribution is 7.10. The Kier molecular flexibility index (Phi) is 4.04. The molecule has 0 N–H and O–H groups in total. The third kappa shape index (κ3) is 2.92. The van der Waals surface area contributed by atoms with Crippen LogP contribution in [0, 0.1) is 6.92 Å². The van der Waals surface area contributed by atoms with Crippen molar-refractivity contribution in [2.24, 2.45) is 0 Å². The van der Waals surface area contributed by atoms with E-state index in [4.69, 9.17) is 11.6 Å². The van der Waals surface area contributed by atoms with Crippen LogP contribution < -0.4 is 0 Å². The minimum Gasteiger partial charge on any atom is -0.337 e. The zero-order chi connectivity index (χ0) is 13.1. The number of halogens is 1. The summed E-state index contributed by atoms with van der Waals surface area (Å²) < 4.78 is 0. The Bertz CT molecular complexity index is 564. The number of hydrogen-bond donors (Lipinski definition) is 0. The highest BCUT2D eigenvalue weighted by atomic mass is 35.5. The lowest BCUT2D eigenvalue weighted by Crippen LogP contribution is -2.26. The SMILES string of the molecule is Cc1ccsc1CN(C)C(=O)c1cccc(Cl)c1. The van der Waals surface area contributed by atoms with Gasteiger partial charge in [-0.05, 0) is 42.1 Å². The number of carbonyl (C=O) groups excluding carboxylic acids is 1. The molecule has 4 heteroatoms. The molecular formula is C14H14ClNOS. The second kappa shape index (κ2) is 5.55. The van der Waals surface area contributed by atoms with Crippen LogP contribution in [0.5, 0.6) is 0 Å².